The van der Waals surface area contributed by atoms with Gasteiger partial charge >= 0.3 is 17.9 Å². The highest BCUT2D eigenvalue weighted by Crippen LogP contribution is 2.44. The molecule has 564 valence electrons. The molecule has 3 aliphatic rings. The SMILES string of the molecule is CC(C)(C)S(=O)N=Cc1ccc(Cl)cc1.CC(C)(C)S(=O)NC(c1ccc(Cl)cc1)c1c(C(=O)O)sc(N2CCOCC2)c1C#N.CC(C)(C)S(N)=O.N#Cc1c(N2CCOCC2)sc(C(=O)O)c1C(NCl)c1ccc(Cl)cc1.N#Cc1c(N2CCOCC2)sc(C(=O)O)c1I.O=Cc1ccc(Cl)cc1. The summed E-state index contributed by atoms with van der Waals surface area (Å²) in [6, 6.07) is 32.8. The number of aldehydes is 1. The van der Waals surface area contributed by atoms with Gasteiger partial charge in [-0.1, -0.05) is 94.9 Å². The summed E-state index contributed by atoms with van der Waals surface area (Å²) in [4.78, 5) is 54.1. The minimum absolute atomic E-state index is 0.0522. The van der Waals surface area contributed by atoms with E-state index < -0.39 is 67.7 Å². The summed E-state index contributed by atoms with van der Waals surface area (Å²) in [7, 11) is -3.90. The van der Waals surface area contributed by atoms with E-state index in [0.717, 1.165) is 45.1 Å². The van der Waals surface area contributed by atoms with Crippen molar-refractivity contribution in [2.24, 2.45) is 9.54 Å². The van der Waals surface area contributed by atoms with Crippen LogP contribution in [0.4, 0.5) is 15.0 Å². The van der Waals surface area contributed by atoms with Gasteiger partial charge in [0, 0.05) is 82.3 Å². The number of hydrogen-bond donors (Lipinski definition) is 6. The van der Waals surface area contributed by atoms with Crippen LogP contribution in [-0.2, 0) is 47.2 Å². The molecule has 3 aromatic heterocycles. The summed E-state index contributed by atoms with van der Waals surface area (Å²) in [5.41, 5.74) is 4.70. The lowest BCUT2D eigenvalue weighted by Crippen LogP contribution is -2.37. The summed E-state index contributed by atoms with van der Waals surface area (Å²) >= 11 is 34.5. The molecule has 105 heavy (non-hydrogen) atoms. The van der Waals surface area contributed by atoms with Crippen LogP contribution in [0, 0.1) is 37.6 Å². The predicted octanol–water partition coefficient (Wildman–Crippen LogP) is 15.1. The number of nitrogens with zero attached hydrogens (tertiary/aromatic N) is 7. The first-order valence-corrected chi connectivity index (χ1v) is 40.6. The van der Waals surface area contributed by atoms with E-state index in [2.05, 4.69) is 32.2 Å². The molecular formula is C70H78Cl5IN10O13S6. The molecule has 35 heteroatoms. The van der Waals surface area contributed by atoms with Crippen molar-refractivity contribution in [3.8, 4) is 18.2 Å². The zero-order chi connectivity index (χ0) is 78.1. The highest BCUT2D eigenvalue weighted by Gasteiger charge is 2.36. The van der Waals surface area contributed by atoms with E-state index in [1.165, 1.54) is 11.3 Å². The number of morpholine rings is 3. The third-order valence-electron chi connectivity index (χ3n) is 14.7. The number of nitriles is 3. The Morgan fingerprint density at radius 2 is 0.857 bits per heavy atom. The van der Waals surface area contributed by atoms with Gasteiger partial charge in [0.25, 0.3) is 0 Å². The van der Waals surface area contributed by atoms with Crippen LogP contribution in [0.2, 0.25) is 20.1 Å². The smallest absolute Gasteiger partial charge is 0.347 e. The average Bonchev–Trinajstić information content (AvgIpc) is 1.64. The second-order valence-electron chi connectivity index (χ2n) is 25.3. The highest BCUT2D eigenvalue weighted by atomic mass is 127. The number of halogens is 6. The van der Waals surface area contributed by atoms with Crippen LogP contribution < -0.4 is 29.4 Å². The minimum Gasteiger partial charge on any atom is -0.477 e. The predicted molar refractivity (Wildman–Crippen MR) is 432 cm³/mol. The number of thiophene rings is 3. The molecule has 23 nitrogen and oxygen atoms in total. The lowest BCUT2D eigenvalue weighted by Gasteiger charge is -2.28. The van der Waals surface area contributed by atoms with E-state index in [1.807, 2.05) is 112 Å². The van der Waals surface area contributed by atoms with Crippen LogP contribution in [0.15, 0.2) is 101 Å². The third-order valence-corrected chi connectivity index (χ3v) is 25.2. The molecule has 3 saturated heterocycles. The third kappa shape index (κ3) is 27.0. The zero-order valence-corrected chi connectivity index (χ0v) is 69.2. The van der Waals surface area contributed by atoms with Crippen molar-refractivity contribution in [1.29, 1.82) is 15.8 Å². The van der Waals surface area contributed by atoms with Gasteiger partial charge in [0.05, 0.1) is 103 Å². The highest BCUT2D eigenvalue weighted by molar-refractivity contribution is 14.1. The number of aromatic carboxylic acids is 3. The molecule has 3 aliphatic heterocycles. The Morgan fingerprint density at radius 1 is 0.543 bits per heavy atom. The fraction of sp³-hybridized carbons (Fsp3) is 0.371. The number of nitrogens with two attached hydrogens (primary N) is 1. The van der Waals surface area contributed by atoms with E-state index in [-0.39, 0.29) is 29.7 Å². The van der Waals surface area contributed by atoms with Crippen molar-refractivity contribution in [2.75, 3.05) is 93.6 Å². The lowest BCUT2D eigenvalue weighted by molar-refractivity contribution is 0.0689. The summed E-state index contributed by atoms with van der Waals surface area (Å²) in [6.07, 6.45) is 2.40. The largest absolute Gasteiger partial charge is 0.477 e. The Labute approximate surface area is 669 Å². The van der Waals surface area contributed by atoms with Gasteiger partial charge in [-0.15, -0.1) is 34.0 Å². The van der Waals surface area contributed by atoms with Gasteiger partial charge < -0.3 is 44.2 Å². The molecule has 0 spiro atoms. The molecule has 0 saturated carbocycles. The molecule has 6 heterocycles. The number of carbonyl (C=O) groups excluding carboxylic acids is 1. The van der Waals surface area contributed by atoms with Crippen molar-refractivity contribution >= 4 is 193 Å². The summed E-state index contributed by atoms with van der Waals surface area (Å²) in [6.45, 7) is 23.7. The molecule has 7 aromatic rings. The average molecular weight is 1760 g/mol. The molecule has 4 aromatic carbocycles. The maximum Gasteiger partial charge on any atom is 0.347 e. The summed E-state index contributed by atoms with van der Waals surface area (Å²) in [5, 5.41) is 67.1. The van der Waals surface area contributed by atoms with Crippen LogP contribution in [0.5, 0.6) is 0 Å². The Balaban J connectivity index is 0.000000241. The number of hydrogen-bond acceptors (Lipinski definition) is 20. The number of nitrogens with one attached hydrogen (secondary N) is 2. The van der Waals surface area contributed by atoms with Crippen LogP contribution in [0.3, 0.4) is 0 Å². The first kappa shape index (κ1) is 89.6. The van der Waals surface area contributed by atoms with Crippen molar-refractivity contribution in [3.63, 3.8) is 0 Å². The Kier molecular flexibility index (Phi) is 36.4. The number of carboxylic acid groups (broad SMARTS) is 3. The number of carbonyl (C=O) groups is 4. The number of anilines is 3. The number of benzene rings is 4. The topological polar surface area (TPSA) is 351 Å². The van der Waals surface area contributed by atoms with Gasteiger partial charge in [0.1, 0.15) is 70.7 Å². The minimum atomic E-state index is -1.52. The molecule has 0 amide bonds. The normalized spacial score (nSPS) is 15.2. The van der Waals surface area contributed by atoms with E-state index in [4.69, 9.17) is 87.9 Å². The number of ether oxygens (including phenoxy) is 3. The first-order chi connectivity index (χ1) is 49.5. The Hall–Kier alpha value is -6.01. The van der Waals surface area contributed by atoms with Crippen molar-refractivity contribution in [1.82, 2.24) is 9.56 Å². The maximum atomic E-state index is 13.0. The molecule has 7 N–H and O–H groups in total. The van der Waals surface area contributed by atoms with Crippen LogP contribution in [-0.4, -0.2) is 152 Å². The fourth-order valence-corrected chi connectivity index (χ4v) is 15.7. The van der Waals surface area contributed by atoms with E-state index in [9.17, 15) is 52.5 Å². The van der Waals surface area contributed by atoms with E-state index in [1.54, 1.807) is 91.1 Å². The van der Waals surface area contributed by atoms with Crippen LogP contribution >= 0.6 is 115 Å². The standard InChI is InChI=1S/C21H24ClN3O4S2.C17H15Cl2N3O3S.C11H14ClNOS.C10H9IN2O3S.C7H5ClO.C4H11NOS/c1-21(2,3)31(28)24-17(13-4-6-14(22)7-5-13)16-15(12-23)19(30-18(16)20(26)27)25-8-10-29-11-9-25;18-11-3-1-10(2-4-11)14(21-19)13-12(9-20)16(26-15(13)17(23)24)22-5-7-25-8-6-22;1-11(2,3)15(14)13-8-9-4-6-10(12)7-5-9;11-7-6(5-12)9(17-8(7)10(14)15)13-1-3-16-4-2-13;8-7-3-1-6(5-9)2-4-7;1-4(2,3)7(5)6/h4-7,17,24H,8-11H2,1-3H3,(H,26,27);1-4,14,21H,5-8H2,(H,23,24);4-8H,1-3H3;1-4H2,(H,14,15);1-5H;5H2,1-3H3. The molecule has 5 atom stereocenters. The molecule has 0 aliphatic carbocycles. The van der Waals surface area contributed by atoms with Crippen molar-refractivity contribution < 1.29 is 61.3 Å². The van der Waals surface area contributed by atoms with Crippen LogP contribution in [0.1, 0.15) is 158 Å². The maximum absolute atomic E-state index is 13.0. The van der Waals surface area contributed by atoms with Crippen molar-refractivity contribution in [3.05, 3.63) is 185 Å². The zero-order valence-electron chi connectivity index (χ0n) is 58.4. The Morgan fingerprint density at radius 3 is 1.16 bits per heavy atom. The van der Waals surface area contributed by atoms with E-state index >= 15 is 0 Å². The second kappa shape index (κ2) is 42.7. The van der Waals surface area contributed by atoms with Gasteiger partial charge in [-0.3, -0.25) is 9.93 Å². The van der Waals surface area contributed by atoms with E-state index in [0.29, 0.717) is 146 Å². The summed E-state index contributed by atoms with van der Waals surface area (Å²) in [5.74, 6) is -3.19. The molecule has 3 fully saturated rings. The second-order valence-corrected chi connectivity index (χ2v) is 37.1. The molecule has 10 rings (SSSR count). The van der Waals surface area contributed by atoms with Gasteiger partial charge in [0.2, 0.25) is 0 Å². The lowest BCUT2D eigenvalue weighted by atomic mass is 9.96. The van der Waals surface area contributed by atoms with Gasteiger partial charge in [0.15, 0.2) is 0 Å². The monoisotopic (exact) mass is 1760 g/mol. The molecular weight excluding hydrogens is 1690 g/mol. The molecule has 0 radical (unpaired) electrons. The van der Waals surface area contributed by atoms with Gasteiger partial charge in [-0.05, 0) is 162 Å². The van der Waals surface area contributed by atoms with Gasteiger partial charge in [-0.25, -0.2) is 36.6 Å². The fourth-order valence-electron chi connectivity index (χ4n) is 9.08. The van der Waals surface area contributed by atoms with Gasteiger partial charge in [-0.2, -0.15) is 20.2 Å². The van der Waals surface area contributed by atoms with Crippen molar-refractivity contribution in [2.45, 2.75) is 88.6 Å². The Bertz CT molecular complexity index is 4320. The van der Waals surface area contributed by atoms with Crippen LogP contribution in [0.25, 0.3) is 0 Å². The quantitative estimate of drug-likeness (QED) is 0.0226. The number of carboxylic acids is 3. The molecule has 5 unspecified atom stereocenters. The number of rotatable bonds is 16. The first-order valence-electron chi connectivity index (χ1n) is 31.7. The summed E-state index contributed by atoms with van der Waals surface area (Å²) < 4.78 is 57.4. The molecule has 0 bridgehead atoms.